The molecule has 0 aromatic rings. The second-order valence-electron chi connectivity index (χ2n) is 4.66. The van der Waals surface area contributed by atoms with Gasteiger partial charge < -0.3 is 9.84 Å². The van der Waals surface area contributed by atoms with Crippen molar-refractivity contribution >= 4 is 0 Å². The van der Waals surface area contributed by atoms with Gasteiger partial charge in [-0.25, -0.2) is 0 Å². The first-order valence-electron chi connectivity index (χ1n) is 6.12. The van der Waals surface area contributed by atoms with Gasteiger partial charge in [0.05, 0.1) is 18.8 Å². The van der Waals surface area contributed by atoms with Crippen molar-refractivity contribution in [2.75, 3.05) is 19.7 Å². The van der Waals surface area contributed by atoms with Crippen LogP contribution in [0.4, 0.5) is 0 Å². The standard InChI is InChI=1S/C13H23NO2/c1-4-5-6-7-12(15)13-10-14(11(2)3)8-9-16-13/h1,11-13,15H,5-10H2,2-3H3. The summed E-state index contributed by atoms with van der Waals surface area (Å²) in [5.74, 6) is 2.59. The van der Waals surface area contributed by atoms with Gasteiger partial charge >= 0.3 is 0 Å². The summed E-state index contributed by atoms with van der Waals surface area (Å²) in [7, 11) is 0. The first kappa shape index (κ1) is 13.5. The van der Waals surface area contributed by atoms with Gasteiger partial charge in [0, 0.05) is 25.6 Å². The zero-order valence-corrected chi connectivity index (χ0v) is 10.4. The maximum absolute atomic E-state index is 9.98. The molecule has 0 aromatic carbocycles. The van der Waals surface area contributed by atoms with E-state index in [1.54, 1.807) is 0 Å². The summed E-state index contributed by atoms with van der Waals surface area (Å²) >= 11 is 0. The fourth-order valence-electron chi connectivity index (χ4n) is 2.00. The Morgan fingerprint density at radius 3 is 2.94 bits per heavy atom. The van der Waals surface area contributed by atoms with E-state index >= 15 is 0 Å². The Morgan fingerprint density at radius 2 is 2.31 bits per heavy atom. The molecule has 1 aliphatic heterocycles. The van der Waals surface area contributed by atoms with Crippen molar-refractivity contribution in [2.45, 2.75) is 51.4 Å². The average Bonchev–Trinajstić information content (AvgIpc) is 2.29. The molecular formula is C13H23NO2. The zero-order chi connectivity index (χ0) is 12.0. The van der Waals surface area contributed by atoms with Gasteiger partial charge in [-0.3, -0.25) is 4.90 Å². The Morgan fingerprint density at radius 1 is 1.56 bits per heavy atom. The molecule has 3 nitrogen and oxygen atoms in total. The number of hydrogen-bond donors (Lipinski definition) is 1. The Balaban J connectivity index is 2.32. The summed E-state index contributed by atoms with van der Waals surface area (Å²) in [6.07, 6.45) is 7.10. The minimum absolute atomic E-state index is 0.0473. The number of rotatable bonds is 5. The molecule has 1 fully saturated rings. The van der Waals surface area contributed by atoms with Crippen molar-refractivity contribution in [3.05, 3.63) is 0 Å². The van der Waals surface area contributed by atoms with E-state index in [-0.39, 0.29) is 12.2 Å². The molecule has 1 rings (SSSR count). The van der Waals surface area contributed by atoms with Gasteiger partial charge in [-0.1, -0.05) is 0 Å². The molecule has 0 amide bonds. The SMILES string of the molecule is C#CCCCC(O)C1CN(C(C)C)CCO1. The van der Waals surface area contributed by atoms with Crippen molar-refractivity contribution < 1.29 is 9.84 Å². The highest BCUT2D eigenvalue weighted by Gasteiger charge is 2.27. The number of terminal acetylenes is 1. The number of aliphatic hydroxyl groups excluding tert-OH is 1. The molecule has 1 N–H and O–H groups in total. The molecule has 2 atom stereocenters. The lowest BCUT2D eigenvalue weighted by Crippen LogP contribution is -2.50. The molecule has 0 radical (unpaired) electrons. The van der Waals surface area contributed by atoms with Crippen molar-refractivity contribution in [2.24, 2.45) is 0 Å². The minimum Gasteiger partial charge on any atom is -0.390 e. The van der Waals surface area contributed by atoms with Gasteiger partial charge in [-0.05, 0) is 26.7 Å². The summed E-state index contributed by atoms with van der Waals surface area (Å²) < 4.78 is 5.61. The van der Waals surface area contributed by atoms with Gasteiger partial charge in [-0.2, -0.15) is 0 Å². The van der Waals surface area contributed by atoms with E-state index in [0.717, 1.165) is 39.0 Å². The Bertz CT molecular complexity index is 235. The van der Waals surface area contributed by atoms with Crippen LogP contribution in [0.25, 0.3) is 0 Å². The maximum atomic E-state index is 9.98. The number of aliphatic hydroxyl groups is 1. The highest BCUT2D eigenvalue weighted by molar-refractivity contribution is 4.85. The van der Waals surface area contributed by atoms with Crippen LogP contribution in [0.3, 0.4) is 0 Å². The highest BCUT2D eigenvalue weighted by atomic mass is 16.5. The number of ether oxygens (including phenoxy) is 1. The summed E-state index contributed by atoms with van der Waals surface area (Å²) in [5, 5.41) is 9.98. The van der Waals surface area contributed by atoms with Gasteiger partial charge in [0.2, 0.25) is 0 Å². The lowest BCUT2D eigenvalue weighted by Gasteiger charge is -2.37. The second-order valence-corrected chi connectivity index (χ2v) is 4.66. The van der Waals surface area contributed by atoms with Crippen LogP contribution in [0.5, 0.6) is 0 Å². The quantitative estimate of drug-likeness (QED) is 0.565. The van der Waals surface area contributed by atoms with E-state index < -0.39 is 0 Å². The van der Waals surface area contributed by atoms with Gasteiger partial charge in [0.25, 0.3) is 0 Å². The first-order valence-corrected chi connectivity index (χ1v) is 6.12. The molecule has 1 saturated heterocycles. The number of hydrogen-bond acceptors (Lipinski definition) is 3. The summed E-state index contributed by atoms with van der Waals surface area (Å²) in [6.45, 7) is 6.86. The molecule has 0 bridgehead atoms. The molecule has 0 saturated carbocycles. The van der Waals surface area contributed by atoms with E-state index in [4.69, 9.17) is 11.2 Å². The molecule has 0 aliphatic carbocycles. The molecule has 0 spiro atoms. The van der Waals surface area contributed by atoms with Crippen LogP contribution in [0.2, 0.25) is 0 Å². The summed E-state index contributed by atoms with van der Waals surface area (Å²) in [5.41, 5.74) is 0. The molecule has 92 valence electrons. The monoisotopic (exact) mass is 225 g/mol. The number of nitrogens with zero attached hydrogens (tertiary/aromatic N) is 1. The Kier molecular flexibility index (Phi) is 5.83. The predicted octanol–water partition coefficient (Wildman–Crippen LogP) is 1.26. The largest absolute Gasteiger partial charge is 0.390 e. The molecule has 2 unspecified atom stereocenters. The molecular weight excluding hydrogens is 202 g/mol. The molecule has 16 heavy (non-hydrogen) atoms. The minimum atomic E-state index is -0.380. The molecule has 3 heteroatoms. The third-order valence-corrected chi connectivity index (χ3v) is 3.11. The van der Waals surface area contributed by atoms with Crippen LogP contribution < -0.4 is 0 Å². The second kappa shape index (κ2) is 6.90. The fourth-order valence-corrected chi connectivity index (χ4v) is 2.00. The van der Waals surface area contributed by atoms with Gasteiger partial charge in [0.15, 0.2) is 0 Å². The summed E-state index contributed by atoms with van der Waals surface area (Å²) in [4.78, 5) is 2.35. The molecule has 1 aliphatic rings. The zero-order valence-electron chi connectivity index (χ0n) is 10.4. The van der Waals surface area contributed by atoms with Gasteiger partial charge in [-0.15, -0.1) is 12.3 Å². The van der Waals surface area contributed by atoms with E-state index in [2.05, 4.69) is 24.7 Å². The van der Waals surface area contributed by atoms with Crippen LogP contribution in [-0.4, -0.2) is 48.0 Å². The van der Waals surface area contributed by atoms with Crippen LogP contribution >= 0.6 is 0 Å². The van der Waals surface area contributed by atoms with E-state index in [1.165, 1.54) is 0 Å². The first-order chi connectivity index (χ1) is 7.65. The number of unbranched alkanes of at least 4 members (excludes halogenated alkanes) is 1. The number of morpholine rings is 1. The van der Waals surface area contributed by atoms with E-state index in [9.17, 15) is 5.11 Å². The van der Waals surface area contributed by atoms with Crippen LogP contribution in [0.1, 0.15) is 33.1 Å². The molecule has 0 aromatic heterocycles. The highest BCUT2D eigenvalue weighted by Crippen LogP contribution is 2.15. The lowest BCUT2D eigenvalue weighted by molar-refractivity contribution is -0.0966. The van der Waals surface area contributed by atoms with Crippen molar-refractivity contribution in [3.63, 3.8) is 0 Å². The van der Waals surface area contributed by atoms with Gasteiger partial charge in [0.1, 0.15) is 0 Å². The van der Waals surface area contributed by atoms with E-state index in [0.29, 0.717) is 6.04 Å². The topological polar surface area (TPSA) is 32.7 Å². The van der Waals surface area contributed by atoms with Crippen LogP contribution in [0, 0.1) is 12.3 Å². The van der Waals surface area contributed by atoms with Crippen molar-refractivity contribution in [3.8, 4) is 12.3 Å². The third-order valence-electron chi connectivity index (χ3n) is 3.11. The fraction of sp³-hybridized carbons (Fsp3) is 0.846. The third kappa shape index (κ3) is 4.13. The Hall–Kier alpha value is -0.560. The van der Waals surface area contributed by atoms with E-state index in [1.807, 2.05) is 0 Å². The Labute approximate surface area is 98.8 Å². The normalized spacial score (nSPS) is 24.3. The lowest BCUT2D eigenvalue weighted by atomic mass is 10.0. The predicted molar refractivity (Wildman–Crippen MR) is 65.1 cm³/mol. The van der Waals surface area contributed by atoms with Crippen LogP contribution in [-0.2, 0) is 4.74 Å². The van der Waals surface area contributed by atoms with Crippen LogP contribution in [0.15, 0.2) is 0 Å². The van der Waals surface area contributed by atoms with Crippen molar-refractivity contribution in [1.29, 1.82) is 0 Å². The van der Waals surface area contributed by atoms with Crippen molar-refractivity contribution in [1.82, 2.24) is 4.90 Å². The maximum Gasteiger partial charge on any atom is 0.0961 e. The summed E-state index contributed by atoms with van der Waals surface area (Å²) in [6, 6.07) is 0.518. The molecule has 1 heterocycles. The smallest absolute Gasteiger partial charge is 0.0961 e. The average molecular weight is 225 g/mol.